The Bertz CT molecular complexity index is 482. The van der Waals surface area contributed by atoms with Crippen LogP contribution in [0.1, 0.15) is 19.4 Å². The van der Waals surface area contributed by atoms with Crippen molar-refractivity contribution in [2.75, 3.05) is 18.5 Å². The Morgan fingerprint density at radius 1 is 1.33 bits per heavy atom. The molecule has 96 valence electrons. The number of nitrogens with zero attached hydrogens (tertiary/aromatic N) is 1. The zero-order valence-corrected chi connectivity index (χ0v) is 10.8. The van der Waals surface area contributed by atoms with E-state index in [0.29, 0.717) is 6.54 Å². The smallest absolute Gasteiger partial charge is 0.132 e. The first-order valence-corrected chi connectivity index (χ1v) is 6.13. The number of hydrogen-bond acceptors (Lipinski definition) is 3. The third kappa shape index (κ3) is 2.54. The van der Waals surface area contributed by atoms with Gasteiger partial charge < -0.3 is 15.7 Å². The number of fused-ring (bicyclic) bond motifs is 1. The average Bonchev–Trinajstić information content (AvgIpc) is 2.35. The van der Waals surface area contributed by atoms with Crippen molar-refractivity contribution in [2.24, 2.45) is 4.99 Å². The van der Waals surface area contributed by atoms with Gasteiger partial charge in [0.05, 0.1) is 13.2 Å². The molecule has 1 aliphatic rings. The highest BCUT2D eigenvalue weighted by atomic mass is 16.3. The van der Waals surface area contributed by atoms with E-state index in [1.807, 2.05) is 37.3 Å². The van der Waals surface area contributed by atoms with E-state index >= 15 is 0 Å². The molecule has 3 N–H and O–H groups in total. The molecule has 0 radical (unpaired) electrons. The standard InChI is InChI=1S/C14H19N3O/c1-3-8-14(2)16-12-7-5-4-6-11(12)13(17-14)15-9-10-18/h3-8,16,18H,9-10H2,1-2H3,(H,15,17)/b8-3+. The highest BCUT2D eigenvalue weighted by molar-refractivity contribution is 6.06. The van der Waals surface area contributed by atoms with Crippen molar-refractivity contribution in [1.82, 2.24) is 5.32 Å². The molecule has 0 bridgehead atoms. The summed E-state index contributed by atoms with van der Waals surface area (Å²) >= 11 is 0. The van der Waals surface area contributed by atoms with Gasteiger partial charge in [0, 0.05) is 11.3 Å². The maximum Gasteiger partial charge on any atom is 0.132 e. The molecule has 0 amide bonds. The quantitative estimate of drug-likeness (QED) is 0.711. The Morgan fingerprint density at radius 3 is 2.83 bits per heavy atom. The second-order valence-electron chi connectivity index (χ2n) is 4.45. The number of amidine groups is 1. The molecule has 1 aromatic carbocycles. The van der Waals surface area contributed by atoms with E-state index in [-0.39, 0.29) is 12.3 Å². The van der Waals surface area contributed by atoms with Crippen molar-refractivity contribution in [3.05, 3.63) is 42.0 Å². The summed E-state index contributed by atoms with van der Waals surface area (Å²) in [5, 5.41) is 15.7. The van der Waals surface area contributed by atoms with Crippen molar-refractivity contribution in [3.8, 4) is 0 Å². The molecule has 0 saturated carbocycles. The summed E-state index contributed by atoms with van der Waals surface area (Å²) in [7, 11) is 0. The normalized spacial score (nSPS) is 24.7. The van der Waals surface area contributed by atoms with Crippen LogP contribution in [0.15, 0.2) is 41.4 Å². The Morgan fingerprint density at radius 2 is 2.11 bits per heavy atom. The summed E-state index contributed by atoms with van der Waals surface area (Å²) in [6, 6.07) is 8.03. The van der Waals surface area contributed by atoms with Crippen LogP contribution in [0, 0.1) is 0 Å². The summed E-state index contributed by atoms with van der Waals surface area (Å²) in [6.45, 7) is 4.50. The van der Waals surface area contributed by atoms with E-state index in [9.17, 15) is 0 Å². The van der Waals surface area contributed by atoms with Crippen LogP contribution in [0.25, 0.3) is 0 Å². The Kier molecular flexibility index (Phi) is 3.67. The highest BCUT2D eigenvalue weighted by Crippen LogP contribution is 2.25. The van der Waals surface area contributed by atoms with Crippen LogP contribution in [0.4, 0.5) is 5.69 Å². The number of aliphatic imine (C=N–C) groups is 1. The first-order chi connectivity index (χ1) is 8.68. The molecular weight excluding hydrogens is 226 g/mol. The number of benzene rings is 1. The molecule has 18 heavy (non-hydrogen) atoms. The van der Waals surface area contributed by atoms with Gasteiger partial charge in [0.1, 0.15) is 11.5 Å². The van der Waals surface area contributed by atoms with E-state index in [1.54, 1.807) is 0 Å². The van der Waals surface area contributed by atoms with Crippen LogP contribution in [0.2, 0.25) is 0 Å². The molecule has 0 aromatic heterocycles. The monoisotopic (exact) mass is 245 g/mol. The fraction of sp³-hybridized carbons (Fsp3) is 0.357. The lowest BCUT2D eigenvalue weighted by molar-refractivity contribution is 0.306. The number of allylic oxidation sites excluding steroid dienone is 1. The Labute approximate surface area is 107 Å². The molecular formula is C14H19N3O. The number of anilines is 1. The average molecular weight is 245 g/mol. The summed E-state index contributed by atoms with van der Waals surface area (Å²) in [4.78, 5) is 4.40. The Balaban J connectivity index is 2.41. The SMILES string of the molecule is C/C=C/C1(C)NC(=NCCO)c2ccccc2N1. The molecule has 1 aromatic rings. The predicted molar refractivity (Wildman–Crippen MR) is 74.9 cm³/mol. The molecule has 1 heterocycles. The highest BCUT2D eigenvalue weighted by Gasteiger charge is 2.28. The first kappa shape index (κ1) is 12.6. The second kappa shape index (κ2) is 5.23. The van der Waals surface area contributed by atoms with Crippen molar-refractivity contribution < 1.29 is 5.11 Å². The lowest BCUT2D eigenvalue weighted by Crippen LogP contribution is -2.54. The van der Waals surface area contributed by atoms with E-state index in [0.717, 1.165) is 17.1 Å². The summed E-state index contributed by atoms with van der Waals surface area (Å²) in [5.74, 6) is 0.819. The van der Waals surface area contributed by atoms with Crippen LogP contribution >= 0.6 is 0 Å². The number of para-hydroxylation sites is 1. The van der Waals surface area contributed by atoms with Crippen molar-refractivity contribution in [2.45, 2.75) is 19.5 Å². The number of aliphatic hydroxyl groups excluding tert-OH is 1. The number of hydrogen-bond donors (Lipinski definition) is 3. The van der Waals surface area contributed by atoms with E-state index in [1.165, 1.54) is 0 Å². The molecule has 4 heteroatoms. The first-order valence-electron chi connectivity index (χ1n) is 6.13. The third-order valence-corrected chi connectivity index (χ3v) is 2.82. The summed E-state index contributed by atoms with van der Waals surface area (Å²) in [5.41, 5.74) is 1.73. The molecule has 0 fully saturated rings. The predicted octanol–water partition coefficient (Wildman–Crippen LogP) is 1.73. The molecule has 2 rings (SSSR count). The van der Waals surface area contributed by atoms with Crippen LogP contribution in [0.3, 0.4) is 0 Å². The largest absolute Gasteiger partial charge is 0.394 e. The van der Waals surface area contributed by atoms with E-state index in [2.05, 4.69) is 28.6 Å². The van der Waals surface area contributed by atoms with Crippen molar-refractivity contribution in [3.63, 3.8) is 0 Å². The second-order valence-corrected chi connectivity index (χ2v) is 4.45. The van der Waals surface area contributed by atoms with E-state index < -0.39 is 0 Å². The van der Waals surface area contributed by atoms with Gasteiger partial charge in [-0.05, 0) is 32.1 Å². The van der Waals surface area contributed by atoms with Crippen LogP contribution in [-0.2, 0) is 0 Å². The van der Waals surface area contributed by atoms with Crippen molar-refractivity contribution in [1.29, 1.82) is 0 Å². The molecule has 0 saturated heterocycles. The molecule has 0 spiro atoms. The molecule has 1 atom stereocenters. The van der Waals surface area contributed by atoms with Gasteiger partial charge >= 0.3 is 0 Å². The zero-order chi connectivity index (χ0) is 13.0. The van der Waals surface area contributed by atoms with Gasteiger partial charge in [0.15, 0.2) is 0 Å². The summed E-state index contributed by atoms with van der Waals surface area (Å²) in [6.07, 6.45) is 4.05. The van der Waals surface area contributed by atoms with Gasteiger partial charge in [-0.3, -0.25) is 4.99 Å². The Hall–Kier alpha value is -1.81. The van der Waals surface area contributed by atoms with Gasteiger partial charge in [-0.15, -0.1) is 0 Å². The lowest BCUT2D eigenvalue weighted by Gasteiger charge is -2.37. The van der Waals surface area contributed by atoms with Crippen molar-refractivity contribution >= 4 is 11.5 Å². The topological polar surface area (TPSA) is 56.7 Å². The van der Waals surface area contributed by atoms with Gasteiger partial charge in [-0.25, -0.2) is 0 Å². The maximum absolute atomic E-state index is 8.91. The molecule has 0 aliphatic carbocycles. The minimum atomic E-state index is -0.350. The maximum atomic E-state index is 8.91. The van der Waals surface area contributed by atoms with Gasteiger partial charge in [-0.2, -0.15) is 0 Å². The fourth-order valence-corrected chi connectivity index (χ4v) is 2.13. The molecule has 4 nitrogen and oxygen atoms in total. The third-order valence-electron chi connectivity index (χ3n) is 2.82. The fourth-order valence-electron chi connectivity index (χ4n) is 2.13. The van der Waals surface area contributed by atoms with Gasteiger partial charge in [0.2, 0.25) is 0 Å². The molecule has 1 unspecified atom stereocenters. The number of aliphatic hydroxyl groups is 1. The van der Waals surface area contributed by atoms with E-state index in [4.69, 9.17) is 5.11 Å². The van der Waals surface area contributed by atoms with Gasteiger partial charge in [0.25, 0.3) is 0 Å². The minimum absolute atomic E-state index is 0.0567. The summed E-state index contributed by atoms with van der Waals surface area (Å²) < 4.78 is 0. The van der Waals surface area contributed by atoms with Crippen LogP contribution in [-0.4, -0.2) is 29.8 Å². The lowest BCUT2D eigenvalue weighted by atomic mass is 10.0. The van der Waals surface area contributed by atoms with Crippen LogP contribution in [0.5, 0.6) is 0 Å². The minimum Gasteiger partial charge on any atom is -0.394 e. The zero-order valence-electron chi connectivity index (χ0n) is 10.8. The van der Waals surface area contributed by atoms with Crippen LogP contribution < -0.4 is 10.6 Å². The number of rotatable bonds is 3. The number of nitrogens with one attached hydrogen (secondary N) is 2. The molecule has 1 aliphatic heterocycles. The van der Waals surface area contributed by atoms with Gasteiger partial charge in [-0.1, -0.05) is 18.2 Å².